The zero-order chi connectivity index (χ0) is 15.2. The van der Waals surface area contributed by atoms with Gasteiger partial charge in [0.05, 0.1) is 18.4 Å². The second-order valence-corrected chi connectivity index (χ2v) is 4.57. The maximum atomic E-state index is 12.4. The Morgan fingerprint density at radius 2 is 1.76 bits per heavy atom. The Balaban J connectivity index is 2.25. The molecule has 0 aliphatic heterocycles. The van der Waals surface area contributed by atoms with E-state index in [1.54, 1.807) is 36.4 Å². The molecule has 6 heteroatoms. The van der Waals surface area contributed by atoms with Crippen LogP contribution in [0.15, 0.2) is 54.6 Å². The molecule has 2 rings (SSSR count). The van der Waals surface area contributed by atoms with Gasteiger partial charge >= 0.3 is 0 Å². The summed E-state index contributed by atoms with van der Waals surface area (Å²) in [6.07, 6.45) is 0. The third kappa shape index (κ3) is 3.49. The number of anilines is 1. The van der Waals surface area contributed by atoms with Crippen molar-refractivity contribution in [1.29, 1.82) is 0 Å². The molecule has 0 aliphatic rings. The third-order valence-corrected chi connectivity index (χ3v) is 2.98. The minimum absolute atomic E-state index is 0.0458. The van der Waals surface area contributed by atoms with Crippen LogP contribution in [0.25, 0.3) is 0 Å². The summed E-state index contributed by atoms with van der Waals surface area (Å²) < 4.78 is 5.17. The number of hydrogen-bond donors (Lipinski definition) is 2. The van der Waals surface area contributed by atoms with E-state index in [0.717, 1.165) is 0 Å². The zero-order valence-electron chi connectivity index (χ0n) is 11.4. The van der Waals surface area contributed by atoms with Crippen molar-refractivity contribution in [3.63, 3.8) is 0 Å². The van der Waals surface area contributed by atoms with E-state index in [2.05, 4.69) is 5.43 Å². The van der Waals surface area contributed by atoms with Gasteiger partial charge in [0.15, 0.2) is 5.11 Å². The Labute approximate surface area is 128 Å². The van der Waals surface area contributed by atoms with Crippen LogP contribution < -0.4 is 20.9 Å². The molecule has 2 aromatic carbocycles. The fourth-order valence-corrected chi connectivity index (χ4v) is 1.97. The van der Waals surface area contributed by atoms with E-state index < -0.39 is 0 Å². The molecule has 2 aromatic rings. The van der Waals surface area contributed by atoms with Gasteiger partial charge in [0.25, 0.3) is 5.91 Å². The van der Waals surface area contributed by atoms with Crippen molar-refractivity contribution in [3.05, 3.63) is 60.2 Å². The first kappa shape index (κ1) is 14.8. The van der Waals surface area contributed by atoms with Crippen LogP contribution in [0.3, 0.4) is 0 Å². The second-order valence-electron chi connectivity index (χ2n) is 4.15. The lowest BCUT2D eigenvalue weighted by molar-refractivity contribution is 0.0952. The van der Waals surface area contributed by atoms with Crippen LogP contribution in [0.2, 0.25) is 0 Å². The summed E-state index contributed by atoms with van der Waals surface area (Å²) >= 11 is 4.99. The van der Waals surface area contributed by atoms with E-state index in [1.807, 2.05) is 18.2 Å². The Hall–Kier alpha value is -2.60. The molecule has 0 atom stereocenters. The lowest BCUT2D eigenvalue weighted by atomic mass is 10.2. The van der Waals surface area contributed by atoms with Crippen LogP contribution in [0, 0.1) is 0 Å². The van der Waals surface area contributed by atoms with Crippen molar-refractivity contribution < 1.29 is 9.53 Å². The van der Waals surface area contributed by atoms with E-state index in [-0.39, 0.29) is 11.0 Å². The molecule has 108 valence electrons. The molecular formula is C15H15N3O2S. The van der Waals surface area contributed by atoms with Crippen LogP contribution in [0.4, 0.5) is 5.69 Å². The van der Waals surface area contributed by atoms with Gasteiger partial charge in [0, 0.05) is 0 Å². The van der Waals surface area contributed by atoms with Gasteiger partial charge in [0.1, 0.15) is 5.75 Å². The first-order valence-electron chi connectivity index (χ1n) is 6.22. The summed E-state index contributed by atoms with van der Waals surface area (Å²) in [7, 11) is 1.51. The van der Waals surface area contributed by atoms with Crippen LogP contribution in [-0.4, -0.2) is 18.1 Å². The molecule has 0 aromatic heterocycles. The maximum absolute atomic E-state index is 12.4. The number of methoxy groups -OCH3 is 1. The predicted molar refractivity (Wildman–Crippen MR) is 86.2 cm³/mol. The molecule has 1 amide bonds. The van der Waals surface area contributed by atoms with E-state index in [4.69, 9.17) is 22.7 Å². The monoisotopic (exact) mass is 301 g/mol. The Morgan fingerprint density at radius 1 is 1.14 bits per heavy atom. The average molecular weight is 301 g/mol. The van der Waals surface area contributed by atoms with Gasteiger partial charge in [-0.15, -0.1) is 0 Å². The van der Waals surface area contributed by atoms with Crippen LogP contribution in [0.5, 0.6) is 5.75 Å². The quantitative estimate of drug-likeness (QED) is 0.671. The van der Waals surface area contributed by atoms with Crippen molar-refractivity contribution in [3.8, 4) is 5.75 Å². The van der Waals surface area contributed by atoms with E-state index in [9.17, 15) is 4.79 Å². The first-order chi connectivity index (χ1) is 10.1. The zero-order valence-corrected chi connectivity index (χ0v) is 12.3. The fraction of sp³-hybridized carbons (Fsp3) is 0.0667. The molecule has 3 N–H and O–H groups in total. The number of amides is 1. The van der Waals surface area contributed by atoms with E-state index >= 15 is 0 Å². The smallest absolute Gasteiger partial charge is 0.273 e. The van der Waals surface area contributed by atoms with Crippen molar-refractivity contribution in [2.45, 2.75) is 0 Å². The SMILES string of the molecule is COc1ccccc1C(=O)NN(C(N)=S)c1ccccc1. The molecule has 0 aliphatic carbocycles. The van der Waals surface area contributed by atoms with Crippen LogP contribution in [-0.2, 0) is 0 Å². The molecule has 21 heavy (non-hydrogen) atoms. The summed E-state index contributed by atoms with van der Waals surface area (Å²) in [5.41, 5.74) is 9.42. The number of carbonyl (C=O) groups excluding carboxylic acids is 1. The highest BCUT2D eigenvalue weighted by atomic mass is 32.1. The third-order valence-electron chi connectivity index (χ3n) is 2.80. The second kappa shape index (κ2) is 6.71. The number of benzene rings is 2. The number of nitrogens with one attached hydrogen (secondary N) is 1. The lowest BCUT2D eigenvalue weighted by Crippen LogP contribution is -2.49. The number of nitrogens with two attached hydrogens (primary N) is 1. The number of rotatable bonds is 3. The van der Waals surface area contributed by atoms with E-state index in [0.29, 0.717) is 17.0 Å². The van der Waals surface area contributed by atoms with Crippen molar-refractivity contribution in [2.24, 2.45) is 5.73 Å². The Kier molecular flexibility index (Phi) is 4.73. The highest BCUT2D eigenvalue weighted by Crippen LogP contribution is 2.18. The van der Waals surface area contributed by atoms with Crippen molar-refractivity contribution >= 4 is 28.9 Å². The number of para-hydroxylation sites is 2. The molecular weight excluding hydrogens is 286 g/mol. The van der Waals surface area contributed by atoms with Crippen LogP contribution >= 0.6 is 12.2 Å². The fourth-order valence-electron chi connectivity index (χ4n) is 1.82. The summed E-state index contributed by atoms with van der Waals surface area (Å²) in [6, 6.07) is 16.0. The molecule has 5 nitrogen and oxygen atoms in total. The molecule has 0 fully saturated rings. The molecule has 0 unspecified atom stereocenters. The van der Waals surface area contributed by atoms with E-state index in [1.165, 1.54) is 12.1 Å². The van der Waals surface area contributed by atoms with Gasteiger partial charge in [0.2, 0.25) is 0 Å². The summed E-state index contributed by atoms with van der Waals surface area (Å²) in [5, 5.41) is 1.40. The number of carbonyl (C=O) groups is 1. The Morgan fingerprint density at radius 3 is 2.38 bits per heavy atom. The Bertz CT molecular complexity index is 646. The molecule has 0 saturated heterocycles. The summed E-state index contributed by atoms with van der Waals surface area (Å²) in [4.78, 5) is 12.4. The lowest BCUT2D eigenvalue weighted by Gasteiger charge is -2.23. The van der Waals surface area contributed by atoms with Gasteiger partial charge in [-0.1, -0.05) is 30.3 Å². The predicted octanol–water partition coefficient (Wildman–Crippen LogP) is 2.09. The number of hydrazine groups is 1. The number of thiocarbonyl (C=S) groups is 1. The van der Waals surface area contributed by atoms with Gasteiger partial charge in [-0.25, -0.2) is 5.01 Å². The van der Waals surface area contributed by atoms with Crippen LogP contribution in [0.1, 0.15) is 10.4 Å². The normalized spacial score (nSPS) is 9.76. The van der Waals surface area contributed by atoms with Gasteiger partial charge in [-0.2, -0.15) is 0 Å². The molecule has 0 bridgehead atoms. The van der Waals surface area contributed by atoms with Gasteiger partial charge in [-0.3, -0.25) is 10.2 Å². The standard InChI is InChI=1S/C15H15N3O2S/c1-20-13-10-6-5-9-12(13)14(19)17-18(15(16)21)11-7-3-2-4-8-11/h2-10H,1H3,(H2,16,21)(H,17,19). The average Bonchev–Trinajstić information content (AvgIpc) is 2.52. The molecule has 0 spiro atoms. The summed E-state index contributed by atoms with van der Waals surface area (Å²) in [5.74, 6) is 0.120. The minimum atomic E-state index is -0.357. The first-order valence-corrected chi connectivity index (χ1v) is 6.63. The number of ether oxygens (including phenoxy) is 1. The van der Waals surface area contributed by atoms with Crippen molar-refractivity contribution in [1.82, 2.24) is 5.43 Å². The topological polar surface area (TPSA) is 67.6 Å². The number of nitrogens with zero attached hydrogens (tertiary/aromatic N) is 1. The highest BCUT2D eigenvalue weighted by Gasteiger charge is 2.17. The van der Waals surface area contributed by atoms with Crippen molar-refractivity contribution in [2.75, 3.05) is 12.1 Å². The molecule has 0 heterocycles. The van der Waals surface area contributed by atoms with Gasteiger partial charge < -0.3 is 10.5 Å². The number of hydrogen-bond acceptors (Lipinski definition) is 3. The molecule has 0 radical (unpaired) electrons. The highest BCUT2D eigenvalue weighted by molar-refractivity contribution is 7.80. The largest absolute Gasteiger partial charge is 0.496 e. The molecule has 0 saturated carbocycles. The maximum Gasteiger partial charge on any atom is 0.273 e. The minimum Gasteiger partial charge on any atom is -0.496 e. The summed E-state index contributed by atoms with van der Waals surface area (Å²) in [6.45, 7) is 0. The van der Waals surface area contributed by atoms with Gasteiger partial charge in [-0.05, 0) is 36.5 Å².